The number of nitrogens with one attached hydrogen (secondary N) is 1. The van der Waals surface area contributed by atoms with Gasteiger partial charge in [0, 0.05) is 5.56 Å². The van der Waals surface area contributed by atoms with Crippen molar-refractivity contribution < 1.29 is 9.59 Å². The van der Waals surface area contributed by atoms with Gasteiger partial charge < -0.3 is 0 Å². The van der Waals surface area contributed by atoms with Gasteiger partial charge in [-0.2, -0.15) is 0 Å². The highest BCUT2D eigenvalue weighted by Crippen LogP contribution is 2.31. The van der Waals surface area contributed by atoms with Crippen molar-refractivity contribution in [1.29, 1.82) is 0 Å². The molecule has 4 heteroatoms. The van der Waals surface area contributed by atoms with Gasteiger partial charge in [-0.25, -0.2) is 10.4 Å². The van der Waals surface area contributed by atoms with E-state index in [1.165, 1.54) is 0 Å². The molecule has 1 heterocycles. The number of hydrazine groups is 1. The summed E-state index contributed by atoms with van der Waals surface area (Å²) in [7, 11) is 0. The van der Waals surface area contributed by atoms with Crippen molar-refractivity contribution >= 4 is 17.9 Å². The lowest BCUT2D eigenvalue weighted by atomic mass is 9.85. The maximum absolute atomic E-state index is 12.7. The molecule has 4 nitrogen and oxygen atoms in total. The predicted octanol–water partition coefficient (Wildman–Crippen LogP) is 3.28. The first kappa shape index (κ1) is 16.1. The molecule has 3 rings (SSSR count). The van der Waals surface area contributed by atoms with Crippen molar-refractivity contribution in [1.82, 2.24) is 10.4 Å². The Hall–Kier alpha value is -2.72. The van der Waals surface area contributed by atoms with Crippen LogP contribution in [0.4, 0.5) is 0 Å². The molecule has 2 amide bonds. The Balaban J connectivity index is 1.82. The largest absolute Gasteiger partial charge is 0.275 e. The predicted molar refractivity (Wildman–Crippen MR) is 93.8 cm³/mol. The molecule has 1 N–H and O–H groups in total. The maximum Gasteiger partial charge on any atom is 0.275 e. The minimum absolute atomic E-state index is 0.223. The molecule has 1 fully saturated rings. The summed E-state index contributed by atoms with van der Waals surface area (Å²) in [5, 5.41) is 1.13. The quantitative estimate of drug-likeness (QED) is 0.883. The van der Waals surface area contributed by atoms with Crippen LogP contribution < -0.4 is 5.43 Å². The van der Waals surface area contributed by atoms with Crippen LogP contribution in [0.5, 0.6) is 0 Å². The Labute approximate surface area is 141 Å². The van der Waals surface area contributed by atoms with Crippen LogP contribution in [0.15, 0.2) is 66.7 Å². The molecule has 2 aromatic carbocycles. The van der Waals surface area contributed by atoms with Gasteiger partial charge in [0.05, 0.1) is 11.5 Å². The molecule has 0 radical (unpaired) electrons. The third-order valence-corrected chi connectivity index (χ3v) is 4.30. The second-order valence-corrected chi connectivity index (χ2v) is 6.41. The van der Waals surface area contributed by atoms with Gasteiger partial charge in [-0.05, 0) is 31.5 Å². The topological polar surface area (TPSA) is 49.4 Å². The molecule has 0 aromatic heterocycles. The third-order valence-electron chi connectivity index (χ3n) is 4.30. The highest BCUT2D eigenvalue weighted by molar-refractivity contribution is 6.07. The molecule has 1 atom stereocenters. The molecular formula is C20H20N2O2. The molecular weight excluding hydrogens is 300 g/mol. The number of nitrogens with zero attached hydrogens (tertiary/aromatic N) is 1. The van der Waals surface area contributed by atoms with E-state index in [0.29, 0.717) is 5.56 Å². The summed E-state index contributed by atoms with van der Waals surface area (Å²) >= 11 is 0. The first-order chi connectivity index (χ1) is 11.5. The van der Waals surface area contributed by atoms with E-state index in [1.807, 2.05) is 62.4 Å². The fraction of sp³-hybridized carbons (Fsp3) is 0.200. The highest BCUT2D eigenvalue weighted by atomic mass is 16.2. The zero-order chi connectivity index (χ0) is 17.2. The Kier molecular flexibility index (Phi) is 4.32. The summed E-state index contributed by atoms with van der Waals surface area (Å²) in [6.07, 6.45) is 3.90. The summed E-state index contributed by atoms with van der Waals surface area (Å²) in [5.41, 5.74) is 3.89. The molecule has 0 spiro atoms. The zero-order valence-electron chi connectivity index (χ0n) is 13.8. The van der Waals surface area contributed by atoms with E-state index in [-0.39, 0.29) is 17.9 Å². The van der Waals surface area contributed by atoms with E-state index in [0.717, 1.165) is 10.6 Å². The van der Waals surface area contributed by atoms with Gasteiger partial charge >= 0.3 is 0 Å². The van der Waals surface area contributed by atoms with Crippen molar-refractivity contribution in [2.75, 3.05) is 0 Å². The number of carbonyl (C=O) groups excluding carboxylic acids is 2. The molecule has 0 bridgehead atoms. The van der Waals surface area contributed by atoms with Crippen LogP contribution >= 0.6 is 0 Å². The lowest BCUT2D eigenvalue weighted by Gasteiger charge is -2.19. The van der Waals surface area contributed by atoms with E-state index in [4.69, 9.17) is 0 Å². The van der Waals surface area contributed by atoms with Gasteiger partial charge in [0.25, 0.3) is 11.8 Å². The molecule has 1 aliphatic heterocycles. The third kappa shape index (κ3) is 3.01. The van der Waals surface area contributed by atoms with Crippen molar-refractivity contribution in [3.63, 3.8) is 0 Å². The molecule has 0 saturated carbocycles. The minimum atomic E-state index is -0.699. The van der Waals surface area contributed by atoms with Gasteiger partial charge in [-0.15, -0.1) is 0 Å². The van der Waals surface area contributed by atoms with Gasteiger partial charge in [0.1, 0.15) is 0 Å². The molecule has 122 valence electrons. The fourth-order valence-corrected chi connectivity index (χ4v) is 2.70. The first-order valence-corrected chi connectivity index (χ1v) is 7.93. The van der Waals surface area contributed by atoms with E-state index < -0.39 is 5.41 Å². The lowest BCUT2D eigenvalue weighted by Crippen LogP contribution is -2.41. The first-order valence-electron chi connectivity index (χ1n) is 7.93. The number of carbonyl (C=O) groups is 2. The molecule has 24 heavy (non-hydrogen) atoms. The number of imide groups is 1. The lowest BCUT2D eigenvalue weighted by molar-refractivity contribution is -0.133. The Morgan fingerprint density at radius 1 is 1.04 bits per heavy atom. The van der Waals surface area contributed by atoms with Crippen LogP contribution in [0.2, 0.25) is 0 Å². The summed E-state index contributed by atoms with van der Waals surface area (Å²) in [4.78, 5) is 25.3. The molecule has 1 unspecified atom stereocenters. The van der Waals surface area contributed by atoms with Crippen LogP contribution in [-0.2, 0) is 4.79 Å². The van der Waals surface area contributed by atoms with E-state index in [1.54, 1.807) is 24.3 Å². The number of rotatable bonds is 3. The number of amides is 2. The van der Waals surface area contributed by atoms with Crippen molar-refractivity contribution in [2.45, 2.75) is 19.9 Å². The van der Waals surface area contributed by atoms with Crippen LogP contribution in [0.25, 0.3) is 6.08 Å². The van der Waals surface area contributed by atoms with Gasteiger partial charge in [-0.3, -0.25) is 9.59 Å². The molecule has 1 saturated heterocycles. The van der Waals surface area contributed by atoms with Crippen molar-refractivity contribution in [3.8, 4) is 0 Å². The van der Waals surface area contributed by atoms with E-state index in [2.05, 4.69) is 5.43 Å². The maximum atomic E-state index is 12.7. The zero-order valence-corrected chi connectivity index (χ0v) is 13.8. The second-order valence-electron chi connectivity index (χ2n) is 6.41. The SMILES string of the molecule is CC1(C)C(=O)N(C(=O)c2ccccc2)NC1/C=C/c1ccccc1. The van der Waals surface area contributed by atoms with Crippen LogP contribution in [-0.4, -0.2) is 22.9 Å². The Morgan fingerprint density at radius 3 is 2.25 bits per heavy atom. The fourth-order valence-electron chi connectivity index (χ4n) is 2.70. The number of benzene rings is 2. The Morgan fingerprint density at radius 2 is 1.62 bits per heavy atom. The van der Waals surface area contributed by atoms with Gasteiger partial charge in [0.2, 0.25) is 0 Å². The minimum Gasteiger partial charge on any atom is -0.272 e. The van der Waals surface area contributed by atoms with Gasteiger partial charge in [-0.1, -0.05) is 60.7 Å². The smallest absolute Gasteiger partial charge is 0.272 e. The summed E-state index contributed by atoms with van der Waals surface area (Å²) in [5.74, 6) is -0.552. The number of hydrogen-bond donors (Lipinski definition) is 1. The van der Waals surface area contributed by atoms with Crippen molar-refractivity contribution in [2.24, 2.45) is 5.41 Å². The molecule has 1 aliphatic rings. The standard InChI is InChI=1S/C20H20N2O2/c1-20(2)17(14-13-15-9-5-3-6-10-15)21-22(19(20)24)18(23)16-11-7-4-8-12-16/h3-14,17,21H,1-2H3/b14-13+. The van der Waals surface area contributed by atoms with E-state index in [9.17, 15) is 9.59 Å². The highest BCUT2D eigenvalue weighted by Gasteiger charge is 2.48. The summed E-state index contributed by atoms with van der Waals surface area (Å²) in [6.45, 7) is 3.70. The average Bonchev–Trinajstić information content (AvgIpc) is 2.84. The average molecular weight is 320 g/mol. The van der Waals surface area contributed by atoms with Crippen LogP contribution in [0, 0.1) is 5.41 Å². The molecule has 2 aromatic rings. The number of hydrogen-bond acceptors (Lipinski definition) is 3. The second kappa shape index (κ2) is 6.42. The summed E-state index contributed by atoms with van der Waals surface area (Å²) in [6, 6.07) is 18.4. The van der Waals surface area contributed by atoms with Gasteiger partial charge in [0.15, 0.2) is 0 Å². The Bertz CT molecular complexity index is 767. The van der Waals surface area contributed by atoms with Crippen LogP contribution in [0.3, 0.4) is 0 Å². The monoisotopic (exact) mass is 320 g/mol. The normalized spacial score (nSPS) is 19.8. The van der Waals surface area contributed by atoms with Crippen molar-refractivity contribution in [3.05, 3.63) is 77.9 Å². The van der Waals surface area contributed by atoms with E-state index >= 15 is 0 Å². The van der Waals surface area contributed by atoms with Crippen LogP contribution in [0.1, 0.15) is 29.8 Å². The molecule has 0 aliphatic carbocycles. The summed E-state index contributed by atoms with van der Waals surface area (Å²) < 4.78 is 0.